The zero-order valence-electron chi connectivity index (χ0n) is 12.0. The minimum atomic E-state index is -0.966. The van der Waals surface area contributed by atoms with Gasteiger partial charge >= 0.3 is 11.9 Å². The van der Waals surface area contributed by atoms with Gasteiger partial charge < -0.3 is 14.2 Å². The predicted molar refractivity (Wildman–Crippen MR) is 73.5 cm³/mol. The van der Waals surface area contributed by atoms with Crippen LogP contribution in [0, 0.1) is 5.92 Å². The summed E-state index contributed by atoms with van der Waals surface area (Å²) in [6.07, 6.45) is 0.196. The zero-order chi connectivity index (χ0) is 15.0. The molecule has 5 nitrogen and oxygen atoms in total. The highest BCUT2D eigenvalue weighted by Crippen LogP contribution is 2.22. The van der Waals surface area contributed by atoms with Gasteiger partial charge in [0.15, 0.2) is 5.92 Å². The lowest BCUT2D eigenvalue weighted by Gasteiger charge is -2.15. The molecule has 1 rings (SSSR count). The van der Waals surface area contributed by atoms with E-state index in [0.717, 1.165) is 5.56 Å². The molecule has 20 heavy (non-hydrogen) atoms. The number of methoxy groups -OCH3 is 1. The molecule has 0 radical (unpaired) electrons. The summed E-state index contributed by atoms with van der Waals surface area (Å²) in [6, 6.07) is 7.24. The quantitative estimate of drug-likeness (QED) is 0.564. The number of hydrogen-bond donors (Lipinski definition) is 0. The van der Waals surface area contributed by atoms with Gasteiger partial charge in [0, 0.05) is 0 Å². The first-order valence-electron chi connectivity index (χ1n) is 6.59. The van der Waals surface area contributed by atoms with Gasteiger partial charge in [-0.05, 0) is 31.9 Å². The minimum absolute atomic E-state index is 0.196. The molecule has 0 amide bonds. The van der Waals surface area contributed by atoms with Crippen LogP contribution in [0.4, 0.5) is 0 Å². The summed E-state index contributed by atoms with van der Waals surface area (Å²) in [7, 11) is 1.54. The van der Waals surface area contributed by atoms with E-state index in [1.54, 1.807) is 27.0 Å². The van der Waals surface area contributed by atoms with E-state index in [0.29, 0.717) is 5.75 Å². The maximum Gasteiger partial charge on any atom is 0.320 e. The van der Waals surface area contributed by atoms with E-state index in [1.807, 2.05) is 18.2 Å². The molecule has 0 aliphatic rings. The number of para-hydroxylation sites is 1. The number of hydrogen-bond acceptors (Lipinski definition) is 5. The van der Waals surface area contributed by atoms with Crippen molar-refractivity contribution < 1.29 is 23.8 Å². The van der Waals surface area contributed by atoms with Gasteiger partial charge in [-0.25, -0.2) is 0 Å². The Morgan fingerprint density at radius 1 is 1.05 bits per heavy atom. The van der Waals surface area contributed by atoms with Crippen LogP contribution in [0.2, 0.25) is 0 Å². The third-order valence-electron chi connectivity index (χ3n) is 2.76. The summed E-state index contributed by atoms with van der Waals surface area (Å²) in [5, 5.41) is 0. The van der Waals surface area contributed by atoms with Crippen molar-refractivity contribution in [2.24, 2.45) is 5.92 Å². The molecule has 110 valence electrons. The first-order valence-corrected chi connectivity index (χ1v) is 6.59. The number of esters is 2. The third kappa shape index (κ3) is 4.26. The average Bonchev–Trinajstić information content (AvgIpc) is 2.45. The molecular formula is C15H20O5. The Hall–Kier alpha value is -2.04. The fourth-order valence-electron chi connectivity index (χ4n) is 1.84. The minimum Gasteiger partial charge on any atom is -0.496 e. The molecule has 0 saturated heterocycles. The Morgan fingerprint density at radius 2 is 1.60 bits per heavy atom. The number of carbonyl (C=O) groups excluding carboxylic acids is 2. The molecule has 0 bridgehead atoms. The van der Waals surface area contributed by atoms with Gasteiger partial charge in [0.1, 0.15) is 5.75 Å². The monoisotopic (exact) mass is 280 g/mol. The fourth-order valence-corrected chi connectivity index (χ4v) is 1.84. The second-order valence-corrected chi connectivity index (χ2v) is 4.07. The fraction of sp³-hybridized carbons (Fsp3) is 0.467. The number of benzene rings is 1. The van der Waals surface area contributed by atoms with Gasteiger partial charge in [0.05, 0.1) is 20.3 Å². The van der Waals surface area contributed by atoms with E-state index < -0.39 is 17.9 Å². The van der Waals surface area contributed by atoms with Gasteiger partial charge in [0.2, 0.25) is 0 Å². The first kappa shape index (κ1) is 16.0. The first-order chi connectivity index (χ1) is 9.63. The highest BCUT2D eigenvalue weighted by molar-refractivity contribution is 5.95. The van der Waals surface area contributed by atoms with Gasteiger partial charge in [-0.3, -0.25) is 9.59 Å². The van der Waals surface area contributed by atoms with Crippen LogP contribution in [0.1, 0.15) is 19.4 Å². The van der Waals surface area contributed by atoms with E-state index in [1.165, 1.54) is 0 Å². The van der Waals surface area contributed by atoms with Gasteiger partial charge in [-0.2, -0.15) is 0 Å². The molecular weight excluding hydrogens is 260 g/mol. The molecule has 0 aromatic heterocycles. The Kier molecular flexibility index (Phi) is 6.56. The molecule has 1 aromatic rings. The van der Waals surface area contributed by atoms with Crippen LogP contribution in [0.5, 0.6) is 5.75 Å². The molecule has 0 N–H and O–H groups in total. The Balaban J connectivity index is 2.93. The van der Waals surface area contributed by atoms with Crippen molar-refractivity contribution in [1.29, 1.82) is 0 Å². The average molecular weight is 280 g/mol. The Bertz CT molecular complexity index is 437. The standard InChI is InChI=1S/C15H20O5/c1-4-19-14(16)12(15(17)20-5-2)10-11-8-6-7-9-13(11)18-3/h6-9,12H,4-5,10H2,1-3H3. The summed E-state index contributed by atoms with van der Waals surface area (Å²) in [6.45, 7) is 3.84. The van der Waals surface area contributed by atoms with Crippen LogP contribution in [-0.2, 0) is 25.5 Å². The SMILES string of the molecule is CCOC(=O)C(Cc1ccccc1OC)C(=O)OCC. The van der Waals surface area contributed by atoms with Gasteiger partial charge in [-0.15, -0.1) is 0 Å². The summed E-state index contributed by atoms with van der Waals surface area (Å²) < 4.78 is 15.1. The molecule has 5 heteroatoms. The van der Waals surface area contributed by atoms with E-state index in [9.17, 15) is 9.59 Å². The topological polar surface area (TPSA) is 61.8 Å². The summed E-state index contributed by atoms with van der Waals surface area (Å²) in [5.41, 5.74) is 0.765. The van der Waals surface area contributed by atoms with Crippen molar-refractivity contribution in [3.63, 3.8) is 0 Å². The largest absolute Gasteiger partial charge is 0.496 e. The smallest absolute Gasteiger partial charge is 0.320 e. The van der Waals surface area contributed by atoms with E-state index >= 15 is 0 Å². The Morgan fingerprint density at radius 3 is 2.10 bits per heavy atom. The van der Waals surface area contributed by atoms with E-state index in [2.05, 4.69) is 0 Å². The maximum atomic E-state index is 11.9. The molecule has 0 unspecified atom stereocenters. The lowest BCUT2D eigenvalue weighted by atomic mass is 9.98. The molecule has 0 fully saturated rings. The lowest BCUT2D eigenvalue weighted by molar-refractivity contribution is -0.161. The van der Waals surface area contributed by atoms with Crippen LogP contribution in [0.25, 0.3) is 0 Å². The van der Waals surface area contributed by atoms with Gasteiger partial charge in [-0.1, -0.05) is 18.2 Å². The molecule has 0 aliphatic heterocycles. The molecule has 0 heterocycles. The normalized spacial score (nSPS) is 10.2. The van der Waals surface area contributed by atoms with Crippen molar-refractivity contribution in [3.8, 4) is 5.75 Å². The van der Waals surface area contributed by atoms with Crippen LogP contribution in [0.3, 0.4) is 0 Å². The summed E-state index contributed by atoms with van der Waals surface area (Å²) >= 11 is 0. The van der Waals surface area contributed by atoms with Crippen LogP contribution in [-0.4, -0.2) is 32.3 Å². The molecule has 0 spiro atoms. The second-order valence-electron chi connectivity index (χ2n) is 4.07. The second kappa shape index (κ2) is 8.19. The molecule has 0 aliphatic carbocycles. The van der Waals surface area contributed by atoms with Crippen molar-refractivity contribution in [1.82, 2.24) is 0 Å². The van der Waals surface area contributed by atoms with E-state index in [-0.39, 0.29) is 19.6 Å². The molecule has 1 aromatic carbocycles. The van der Waals surface area contributed by atoms with Crippen molar-refractivity contribution in [2.75, 3.05) is 20.3 Å². The van der Waals surface area contributed by atoms with Crippen molar-refractivity contribution in [3.05, 3.63) is 29.8 Å². The van der Waals surface area contributed by atoms with Crippen molar-refractivity contribution >= 4 is 11.9 Å². The summed E-state index contributed by atoms with van der Waals surface area (Å²) in [5.74, 6) is -1.48. The number of ether oxygens (including phenoxy) is 3. The maximum absolute atomic E-state index is 11.9. The van der Waals surface area contributed by atoms with E-state index in [4.69, 9.17) is 14.2 Å². The van der Waals surface area contributed by atoms with Gasteiger partial charge in [0.25, 0.3) is 0 Å². The van der Waals surface area contributed by atoms with Crippen LogP contribution in [0.15, 0.2) is 24.3 Å². The third-order valence-corrected chi connectivity index (χ3v) is 2.76. The number of rotatable bonds is 7. The highest BCUT2D eigenvalue weighted by Gasteiger charge is 2.30. The van der Waals surface area contributed by atoms with Crippen molar-refractivity contribution in [2.45, 2.75) is 20.3 Å². The molecule has 0 saturated carbocycles. The van der Waals surface area contributed by atoms with Crippen LogP contribution >= 0.6 is 0 Å². The zero-order valence-corrected chi connectivity index (χ0v) is 12.0. The number of carbonyl (C=O) groups is 2. The molecule has 0 atom stereocenters. The highest BCUT2D eigenvalue weighted by atomic mass is 16.6. The Labute approximate surface area is 118 Å². The summed E-state index contributed by atoms with van der Waals surface area (Å²) in [4.78, 5) is 23.8. The predicted octanol–water partition coefficient (Wildman–Crippen LogP) is 1.98. The lowest BCUT2D eigenvalue weighted by Crippen LogP contribution is -2.30. The van der Waals surface area contributed by atoms with Crippen LogP contribution < -0.4 is 4.74 Å².